The minimum atomic E-state index is -0.572. The van der Waals surface area contributed by atoms with Crippen LogP contribution in [0.15, 0.2) is 24.4 Å². The largest absolute Gasteiger partial charge is 0.443 e. The first-order valence-electron chi connectivity index (χ1n) is 5.47. The summed E-state index contributed by atoms with van der Waals surface area (Å²) in [5.74, 6) is 0. The van der Waals surface area contributed by atoms with E-state index in [0.717, 1.165) is 0 Å². The topological polar surface area (TPSA) is 53.3 Å². The quantitative estimate of drug-likeness (QED) is 0.704. The van der Waals surface area contributed by atoms with Crippen molar-refractivity contribution in [3.63, 3.8) is 0 Å². The van der Waals surface area contributed by atoms with Crippen molar-refractivity contribution in [3.05, 3.63) is 24.4 Å². The average molecular weight is 236 g/mol. The van der Waals surface area contributed by atoms with Gasteiger partial charge in [-0.15, -0.1) is 0 Å². The van der Waals surface area contributed by atoms with Gasteiger partial charge in [-0.05, 0) is 27.2 Å². The number of ether oxygens (including phenoxy) is 1. The molecule has 0 rings (SSSR count). The number of carbonyl (C=O) groups excluding carboxylic acids is 1. The van der Waals surface area contributed by atoms with Crippen LogP contribution in [0.3, 0.4) is 0 Å². The molecule has 0 bridgehead atoms. The number of amides is 1. The Morgan fingerprint density at radius 3 is 2.29 bits per heavy atom. The third kappa shape index (κ3) is 5.76. The third-order valence-corrected chi connectivity index (χ3v) is 1.91. The molecule has 0 aliphatic heterocycles. The second-order valence-corrected chi connectivity index (χ2v) is 4.70. The van der Waals surface area contributed by atoms with Gasteiger partial charge in [0.15, 0.2) is 0 Å². The highest BCUT2D eigenvalue weighted by Gasteiger charge is 2.23. The Morgan fingerprint density at radius 2 is 1.94 bits per heavy atom. The summed E-state index contributed by atoms with van der Waals surface area (Å²) in [7, 11) is 0. The van der Waals surface area contributed by atoms with Crippen molar-refractivity contribution in [3.8, 4) is 6.07 Å². The summed E-state index contributed by atoms with van der Waals surface area (Å²) in [4.78, 5) is 13.2. The number of hydrogen-bond donors (Lipinski definition) is 0. The van der Waals surface area contributed by atoms with Crippen molar-refractivity contribution < 1.29 is 9.53 Å². The van der Waals surface area contributed by atoms with Crippen LogP contribution in [0.4, 0.5) is 4.79 Å². The molecule has 0 spiro atoms. The van der Waals surface area contributed by atoms with Crippen LogP contribution >= 0.6 is 0 Å². The lowest BCUT2D eigenvalue weighted by Crippen LogP contribution is -2.36. The first-order chi connectivity index (χ1) is 7.71. The molecule has 0 saturated carbocycles. The van der Waals surface area contributed by atoms with Gasteiger partial charge in [0.05, 0.1) is 12.6 Å². The first kappa shape index (κ1) is 15.2. The Bertz CT molecular complexity index is 359. The molecule has 0 aliphatic carbocycles. The van der Waals surface area contributed by atoms with E-state index >= 15 is 0 Å². The van der Waals surface area contributed by atoms with Gasteiger partial charge in [-0.25, -0.2) is 4.79 Å². The molecule has 17 heavy (non-hydrogen) atoms. The molecule has 0 aromatic heterocycles. The molecule has 1 amide bonds. The summed E-state index contributed by atoms with van der Waals surface area (Å²) in [6.45, 7) is 14.7. The van der Waals surface area contributed by atoms with Crippen LogP contribution in [0.25, 0.3) is 0 Å². The molecule has 0 heterocycles. The fourth-order valence-corrected chi connectivity index (χ4v) is 1.04. The molecule has 4 heteroatoms. The van der Waals surface area contributed by atoms with Gasteiger partial charge < -0.3 is 4.74 Å². The van der Waals surface area contributed by atoms with E-state index in [0.29, 0.717) is 17.7 Å². The molecular formula is C13H20N2O2. The zero-order valence-corrected chi connectivity index (χ0v) is 11.0. The lowest BCUT2D eigenvalue weighted by molar-refractivity contribution is 0.0325. The number of nitrogens with zero attached hydrogens (tertiary/aromatic N) is 2. The van der Waals surface area contributed by atoms with Gasteiger partial charge in [0, 0.05) is 11.3 Å². The van der Waals surface area contributed by atoms with Gasteiger partial charge in [-0.1, -0.05) is 20.1 Å². The fourth-order valence-electron chi connectivity index (χ4n) is 1.04. The molecule has 0 aromatic carbocycles. The summed E-state index contributed by atoms with van der Waals surface area (Å²) in [5, 5.41) is 8.69. The fraction of sp³-hybridized carbons (Fsp3) is 0.538. The van der Waals surface area contributed by atoms with Crippen molar-refractivity contribution in [2.24, 2.45) is 0 Å². The number of carbonyl (C=O) groups is 1. The first-order valence-corrected chi connectivity index (χ1v) is 5.47. The second-order valence-electron chi connectivity index (χ2n) is 4.70. The van der Waals surface area contributed by atoms with Crippen LogP contribution in [0.2, 0.25) is 0 Å². The predicted octanol–water partition coefficient (Wildman–Crippen LogP) is 3.23. The molecule has 0 aliphatic rings. The molecule has 94 valence electrons. The van der Waals surface area contributed by atoms with Crippen LogP contribution in [0.5, 0.6) is 0 Å². The van der Waals surface area contributed by atoms with E-state index in [2.05, 4.69) is 13.2 Å². The Hall–Kier alpha value is -1.76. The van der Waals surface area contributed by atoms with Gasteiger partial charge in [0.25, 0.3) is 0 Å². The van der Waals surface area contributed by atoms with Crippen molar-refractivity contribution in [2.75, 3.05) is 6.54 Å². The average Bonchev–Trinajstić information content (AvgIpc) is 2.21. The van der Waals surface area contributed by atoms with Gasteiger partial charge in [-0.2, -0.15) is 5.26 Å². The lowest BCUT2D eigenvalue weighted by Gasteiger charge is -2.28. The van der Waals surface area contributed by atoms with E-state index in [4.69, 9.17) is 10.00 Å². The van der Waals surface area contributed by atoms with Crippen molar-refractivity contribution in [2.45, 2.75) is 39.7 Å². The monoisotopic (exact) mass is 236 g/mol. The third-order valence-electron chi connectivity index (χ3n) is 1.91. The zero-order valence-electron chi connectivity index (χ0n) is 11.0. The van der Waals surface area contributed by atoms with Gasteiger partial charge in [0.1, 0.15) is 5.60 Å². The Kier molecular flexibility index (Phi) is 5.46. The molecule has 0 aromatic rings. The second kappa shape index (κ2) is 6.09. The van der Waals surface area contributed by atoms with E-state index in [1.165, 1.54) is 4.90 Å². The molecule has 0 atom stereocenters. The maximum Gasteiger partial charge on any atom is 0.414 e. The van der Waals surface area contributed by atoms with Gasteiger partial charge in [0.2, 0.25) is 0 Å². The Morgan fingerprint density at radius 1 is 1.41 bits per heavy atom. The number of nitriles is 1. The smallest absolute Gasteiger partial charge is 0.414 e. The normalized spacial score (nSPS) is 10.3. The molecule has 0 unspecified atom stereocenters. The van der Waals surface area contributed by atoms with Crippen LogP contribution < -0.4 is 0 Å². The van der Waals surface area contributed by atoms with E-state index < -0.39 is 11.7 Å². The highest BCUT2D eigenvalue weighted by atomic mass is 16.6. The standard InChI is InChI=1S/C13H20N2O2/c1-7-11(3)15(9-10(2)8-14)12(16)17-13(4,5)6/h2-3,7,9H2,1,4-6H3. The summed E-state index contributed by atoms with van der Waals surface area (Å²) in [5.41, 5.74) is 0.332. The minimum absolute atomic E-state index is 0.123. The van der Waals surface area contributed by atoms with Crippen molar-refractivity contribution in [1.29, 1.82) is 5.26 Å². The van der Waals surface area contributed by atoms with E-state index in [1.807, 2.05) is 13.0 Å². The molecule has 0 saturated heterocycles. The van der Waals surface area contributed by atoms with Gasteiger partial charge >= 0.3 is 6.09 Å². The number of rotatable bonds is 4. The van der Waals surface area contributed by atoms with Crippen LogP contribution in [-0.4, -0.2) is 23.1 Å². The van der Waals surface area contributed by atoms with Crippen molar-refractivity contribution in [1.82, 2.24) is 4.90 Å². The maximum absolute atomic E-state index is 11.9. The van der Waals surface area contributed by atoms with Gasteiger partial charge in [-0.3, -0.25) is 4.90 Å². The lowest BCUT2D eigenvalue weighted by atomic mass is 10.2. The summed E-state index contributed by atoms with van der Waals surface area (Å²) < 4.78 is 5.24. The highest BCUT2D eigenvalue weighted by Crippen LogP contribution is 2.15. The highest BCUT2D eigenvalue weighted by molar-refractivity contribution is 5.70. The number of allylic oxidation sites excluding steroid dienone is 1. The summed E-state index contributed by atoms with van der Waals surface area (Å²) in [6.07, 6.45) is 0.110. The van der Waals surface area contributed by atoms with Crippen LogP contribution in [-0.2, 0) is 4.74 Å². The van der Waals surface area contributed by atoms with E-state index in [1.54, 1.807) is 20.8 Å². The predicted molar refractivity (Wildman–Crippen MR) is 67.1 cm³/mol. The van der Waals surface area contributed by atoms with E-state index in [9.17, 15) is 4.79 Å². The SMILES string of the molecule is C=C(C#N)CN(C(=C)CC)C(=O)OC(C)(C)C. The maximum atomic E-state index is 11.9. The molecule has 4 nitrogen and oxygen atoms in total. The molecule has 0 fully saturated rings. The Balaban J connectivity index is 4.82. The summed E-state index contributed by atoms with van der Waals surface area (Å²) in [6, 6.07) is 1.91. The molecule has 0 N–H and O–H groups in total. The molecular weight excluding hydrogens is 216 g/mol. The Labute approximate surface area is 103 Å². The minimum Gasteiger partial charge on any atom is -0.443 e. The zero-order chi connectivity index (χ0) is 13.6. The van der Waals surface area contributed by atoms with Crippen LogP contribution in [0.1, 0.15) is 34.1 Å². The number of hydrogen-bond acceptors (Lipinski definition) is 3. The molecule has 0 radical (unpaired) electrons. The van der Waals surface area contributed by atoms with Crippen LogP contribution in [0, 0.1) is 11.3 Å². The van der Waals surface area contributed by atoms with E-state index in [-0.39, 0.29) is 6.54 Å². The van der Waals surface area contributed by atoms with Crippen molar-refractivity contribution >= 4 is 6.09 Å². The summed E-state index contributed by atoms with van der Waals surface area (Å²) >= 11 is 0.